The molecule has 0 atom stereocenters. The second-order valence-electron chi connectivity index (χ2n) is 8.37. The molecule has 7 nitrogen and oxygen atoms in total. The predicted octanol–water partition coefficient (Wildman–Crippen LogP) is 2.98. The summed E-state index contributed by atoms with van der Waals surface area (Å²) in [4.78, 5) is 25.6. The normalized spacial score (nSPS) is 23.1. The smallest absolute Gasteiger partial charge is 0.410 e. The van der Waals surface area contributed by atoms with Crippen molar-refractivity contribution in [3.8, 4) is 0 Å². The standard InChI is InChI=1S/C22H26FN5O2/c1-14-25-20(13-26(14)2)15-9-18-19(10-15)24-4-3-21(18)27-5-7-28(8-6-27)22(29)30-17-11-16(23)12-17/h3-4,9,13,16-17H,5-8,10-12H2,1-2H3. The van der Waals surface area contributed by atoms with Gasteiger partial charge in [-0.05, 0) is 24.6 Å². The van der Waals surface area contributed by atoms with Gasteiger partial charge < -0.3 is 19.1 Å². The molecule has 0 bridgehead atoms. The van der Waals surface area contributed by atoms with Crippen molar-refractivity contribution < 1.29 is 13.9 Å². The first-order valence-corrected chi connectivity index (χ1v) is 10.5. The first-order chi connectivity index (χ1) is 14.5. The van der Waals surface area contributed by atoms with E-state index in [1.54, 1.807) is 4.90 Å². The molecule has 2 aromatic rings. The van der Waals surface area contributed by atoms with E-state index in [1.807, 2.05) is 30.8 Å². The highest BCUT2D eigenvalue weighted by Gasteiger charge is 2.34. The topological polar surface area (TPSA) is 63.5 Å². The molecule has 0 spiro atoms. The van der Waals surface area contributed by atoms with Crippen LogP contribution in [-0.4, -0.2) is 64.0 Å². The van der Waals surface area contributed by atoms with E-state index < -0.39 is 6.17 Å². The highest BCUT2D eigenvalue weighted by molar-refractivity contribution is 5.91. The summed E-state index contributed by atoms with van der Waals surface area (Å²) in [6.45, 7) is 4.65. The average Bonchev–Trinajstić information content (AvgIpc) is 3.30. The van der Waals surface area contributed by atoms with Crippen molar-refractivity contribution in [1.82, 2.24) is 19.4 Å². The zero-order valence-corrected chi connectivity index (χ0v) is 17.3. The third kappa shape index (κ3) is 3.44. The zero-order chi connectivity index (χ0) is 20.8. The molecular formula is C22H26FN5O2. The second-order valence-corrected chi connectivity index (χ2v) is 8.37. The number of rotatable bonds is 3. The highest BCUT2D eigenvalue weighted by Crippen LogP contribution is 2.36. The van der Waals surface area contributed by atoms with Gasteiger partial charge >= 0.3 is 6.09 Å². The minimum atomic E-state index is -0.818. The average molecular weight is 411 g/mol. The number of fused-ring (bicyclic) bond motifs is 1. The Bertz CT molecular complexity index is 983. The Morgan fingerprint density at radius 1 is 1.23 bits per heavy atom. The molecule has 2 fully saturated rings. The number of alkyl halides is 1. The number of halogens is 1. The van der Waals surface area contributed by atoms with Crippen molar-refractivity contribution in [3.05, 3.63) is 41.2 Å². The van der Waals surface area contributed by atoms with Crippen LogP contribution in [-0.2, 0) is 18.2 Å². The van der Waals surface area contributed by atoms with E-state index in [-0.39, 0.29) is 12.2 Å². The monoisotopic (exact) mass is 411 g/mol. The maximum absolute atomic E-state index is 12.9. The van der Waals surface area contributed by atoms with E-state index in [0.29, 0.717) is 25.9 Å². The lowest BCUT2D eigenvalue weighted by Crippen LogP contribution is -2.50. The first-order valence-electron chi connectivity index (χ1n) is 10.5. The molecule has 1 amide bonds. The molecule has 158 valence electrons. The van der Waals surface area contributed by atoms with Gasteiger partial charge in [0.2, 0.25) is 0 Å². The van der Waals surface area contributed by atoms with Crippen LogP contribution < -0.4 is 4.90 Å². The molecular weight excluding hydrogens is 385 g/mol. The Morgan fingerprint density at radius 2 is 2.00 bits per heavy atom. The number of aryl methyl sites for hydroxylation is 2. The van der Waals surface area contributed by atoms with E-state index in [2.05, 4.69) is 27.1 Å². The fraction of sp³-hybridized carbons (Fsp3) is 0.500. The maximum atomic E-state index is 12.9. The number of carbonyl (C=O) groups is 1. The molecule has 1 saturated heterocycles. The summed E-state index contributed by atoms with van der Waals surface area (Å²) in [6, 6.07) is 2.05. The molecule has 2 aliphatic carbocycles. The third-order valence-electron chi connectivity index (χ3n) is 6.35. The third-order valence-corrected chi connectivity index (χ3v) is 6.35. The van der Waals surface area contributed by atoms with Crippen LogP contribution >= 0.6 is 0 Å². The number of imidazole rings is 1. The molecule has 3 heterocycles. The van der Waals surface area contributed by atoms with Gasteiger partial charge in [-0.2, -0.15) is 0 Å². The van der Waals surface area contributed by atoms with E-state index in [9.17, 15) is 9.18 Å². The summed E-state index contributed by atoms with van der Waals surface area (Å²) >= 11 is 0. The fourth-order valence-electron chi connectivity index (χ4n) is 4.31. The molecule has 0 aromatic carbocycles. The van der Waals surface area contributed by atoms with Crippen molar-refractivity contribution in [2.45, 2.75) is 38.5 Å². The molecule has 0 unspecified atom stereocenters. The SMILES string of the molecule is Cc1nc(C2=Cc3c(N4CCN(C(=O)OC5CC(F)C5)CC4)ccnc3C2)cn1C. The van der Waals surface area contributed by atoms with Crippen LogP contribution in [0.5, 0.6) is 0 Å². The fourth-order valence-corrected chi connectivity index (χ4v) is 4.31. The Labute approximate surface area is 175 Å². The summed E-state index contributed by atoms with van der Waals surface area (Å²) in [7, 11) is 2.00. The van der Waals surface area contributed by atoms with Crippen molar-refractivity contribution in [2.75, 3.05) is 31.1 Å². The summed E-state index contributed by atoms with van der Waals surface area (Å²) in [6.07, 6.45) is 6.17. The van der Waals surface area contributed by atoms with Crippen LogP contribution in [0.4, 0.5) is 14.9 Å². The lowest BCUT2D eigenvalue weighted by atomic mass is 9.94. The lowest BCUT2D eigenvalue weighted by molar-refractivity contribution is -0.0132. The Morgan fingerprint density at radius 3 is 2.67 bits per heavy atom. The van der Waals surface area contributed by atoms with Gasteiger partial charge in [-0.1, -0.05) is 0 Å². The Kier molecular flexibility index (Phi) is 4.72. The number of anilines is 1. The summed E-state index contributed by atoms with van der Waals surface area (Å²) in [5.41, 5.74) is 5.55. The summed E-state index contributed by atoms with van der Waals surface area (Å²) < 4.78 is 20.4. The van der Waals surface area contributed by atoms with Gasteiger partial charge in [-0.15, -0.1) is 0 Å². The van der Waals surface area contributed by atoms with Crippen LogP contribution in [0.2, 0.25) is 0 Å². The molecule has 1 saturated carbocycles. The minimum absolute atomic E-state index is 0.257. The number of hydrogen-bond donors (Lipinski definition) is 0. The molecule has 5 rings (SSSR count). The van der Waals surface area contributed by atoms with E-state index >= 15 is 0 Å². The molecule has 2 aromatic heterocycles. The summed E-state index contributed by atoms with van der Waals surface area (Å²) in [5.74, 6) is 0.988. The minimum Gasteiger partial charge on any atom is -0.446 e. The number of nitrogens with zero attached hydrogens (tertiary/aromatic N) is 5. The van der Waals surface area contributed by atoms with Gasteiger partial charge in [0.25, 0.3) is 0 Å². The van der Waals surface area contributed by atoms with Gasteiger partial charge in [0.15, 0.2) is 0 Å². The van der Waals surface area contributed by atoms with E-state index in [1.165, 1.54) is 5.57 Å². The van der Waals surface area contributed by atoms with Crippen LogP contribution in [0.3, 0.4) is 0 Å². The number of aromatic nitrogens is 3. The number of allylic oxidation sites excluding steroid dienone is 1. The van der Waals surface area contributed by atoms with Gasteiger partial charge in [-0.25, -0.2) is 14.2 Å². The highest BCUT2D eigenvalue weighted by atomic mass is 19.1. The van der Waals surface area contributed by atoms with E-state index in [0.717, 1.165) is 48.0 Å². The van der Waals surface area contributed by atoms with Crippen LogP contribution in [0, 0.1) is 6.92 Å². The van der Waals surface area contributed by atoms with Gasteiger partial charge in [0, 0.05) is 76.1 Å². The number of carbonyl (C=O) groups excluding carboxylic acids is 1. The van der Waals surface area contributed by atoms with Gasteiger partial charge in [-0.3, -0.25) is 4.98 Å². The van der Waals surface area contributed by atoms with E-state index in [4.69, 9.17) is 4.74 Å². The molecule has 3 aliphatic rings. The molecule has 1 aliphatic heterocycles. The predicted molar refractivity (Wildman–Crippen MR) is 112 cm³/mol. The lowest BCUT2D eigenvalue weighted by Gasteiger charge is -2.38. The molecule has 0 radical (unpaired) electrons. The number of piperazine rings is 1. The largest absolute Gasteiger partial charge is 0.446 e. The zero-order valence-electron chi connectivity index (χ0n) is 17.3. The number of hydrogen-bond acceptors (Lipinski definition) is 5. The number of amides is 1. The van der Waals surface area contributed by atoms with Gasteiger partial charge in [0.05, 0.1) is 11.4 Å². The number of ether oxygens (including phenoxy) is 1. The molecule has 30 heavy (non-hydrogen) atoms. The van der Waals surface area contributed by atoms with Crippen molar-refractivity contribution in [3.63, 3.8) is 0 Å². The quantitative estimate of drug-likeness (QED) is 0.777. The van der Waals surface area contributed by atoms with Crippen LogP contribution in [0.15, 0.2) is 18.5 Å². The van der Waals surface area contributed by atoms with Crippen molar-refractivity contribution in [1.29, 1.82) is 0 Å². The van der Waals surface area contributed by atoms with Crippen LogP contribution in [0.1, 0.15) is 35.6 Å². The van der Waals surface area contributed by atoms with Crippen LogP contribution in [0.25, 0.3) is 11.6 Å². The Hall–Kier alpha value is -2.90. The van der Waals surface area contributed by atoms with Crippen molar-refractivity contribution >= 4 is 23.4 Å². The second kappa shape index (κ2) is 7.41. The molecule has 0 N–H and O–H groups in total. The number of pyridine rings is 1. The maximum Gasteiger partial charge on any atom is 0.410 e. The van der Waals surface area contributed by atoms with Crippen molar-refractivity contribution in [2.24, 2.45) is 7.05 Å². The first kappa shape index (κ1) is 19.1. The van der Waals surface area contributed by atoms with Gasteiger partial charge in [0.1, 0.15) is 18.1 Å². The summed E-state index contributed by atoms with van der Waals surface area (Å²) in [5, 5.41) is 0. The Balaban J connectivity index is 1.27. The molecule has 8 heteroatoms.